The van der Waals surface area contributed by atoms with Crippen molar-refractivity contribution in [3.8, 4) is 0 Å². The fourth-order valence-electron chi connectivity index (χ4n) is 0.936. The molecule has 0 spiro atoms. The van der Waals surface area contributed by atoms with Crippen LogP contribution in [0.25, 0.3) is 0 Å². The SMILES string of the molecule is Cc1cscc1CNC(=O)CCBr. The Morgan fingerprint density at radius 3 is 2.92 bits per heavy atom. The van der Waals surface area contributed by atoms with Gasteiger partial charge in [-0.1, -0.05) is 15.9 Å². The topological polar surface area (TPSA) is 29.1 Å². The third-order valence-corrected chi connectivity index (χ3v) is 3.07. The summed E-state index contributed by atoms with van der Waals surface area (Å²) in [5.74, 6) is 0.0995. The first kappa shape index (κ1) is 10.7. The van der Waals surface area contributed by atoms with Crippen molar-refractivity contribution in [2.45, 2.75) is 19.9 Å². The molecule has 0 atom stereocenters. The lowest BCUT2D eigenvalue weighted by Crippen LogP contribution is -2.22. The molecule has 1 aromatic heterocycles. The molecule has 13 heavy (non-hydrogen) atoms. The van der Waals surface area contributed by atoms with Crippen LogP contribution < -0.4 is 5.32 Å². The third-order valence-electron chi connectivity index (χ3n) is 1.76. The number of thiophene rings is 1. The van der Waals surface area contributed by atoms with E-state index in [0.717, 1.165) is 5.33 Å². The van der Waals surface area contributed by atoms with E-state index >= 15 is 0 Å². The molecule has 0 unspecified atom stereocenters. The van der Waals surface area contributed by atoms with Crippen molar-refractivity contribution in [1.29, 1.82) is 0 Å². The van der Waals surface area contributed by atoms with E-state index in [0.29, 0.717) is 13.0 Å². The minimum Gasteiger partial charge on any atom is -0.352 e. The number of hydrogen-bond acceptors (Lipinski definition) is 2. The number of aryl methyl sites for hydroxylation is 1. The highest BCUT2D eigenvalue weighted by Crippen LogP contribution is 2.12. The van der Waals surface area contributed by atoms with Gasteiger partial charge < -0.3 is 5.32 Å². The molecule has 1 aromatic rings. The van der Waals surface area contributed by atoms with Crippen molar-refractivity contribution in [2.75, 3.05) is 5.33 Å². The molecule has 0 aliphatic heterocycles. The molecule has 0 bridgehead atoms. The number of carbonyl (C=O) groups excluding carboxylic acids is 1. The van der Waals surface area contributed by atoms with E-state index < -0.39 is 0 Å². The number of halogens is 1. The zero-order chi connectivity index (χ0) is 9.68. The summed E-state index contributed by atoms with van der Waals surface area (Å²) in [5.41, 5.74) is 2.47. The van der Waals surface area contributed by atoms with E-state index in [-0.39, 0.29) is 5.91 Å². The molecule has 0 saturated heterocycles. The van der Waals surface area contributed by atoms with Gasteiger partial charge in [0, 0.05) is 18.3 Å². The lowest BCUT2D eigenvalue weighted by atomic mass is 10.2. The molecule has 0 saturated carbocycles. The number of amides is 1. The van der Waals surface area contributed by atoms with Crippen LogP contribution in [0.5, 0.6) is 0 Å². The molecule has 1 heterocycles. The zero-order valence-electron chi connectivity index (χ0n) is 7.47. The monoisotopic (exact) mass is 261 g/mol. The van der Waals surface area contributed by atoms with Crippen LogP contribution in [0.2, 0.25) is 0 Å². The van der Waals surface area contributed by atoms with Gasteiger partial charge in [0.15, 0.2) is 0 Å². The third kappa shape index (κ3) is 3.48. The minimum atomic E-state index is 0.0995. The smallest absolute Gasteiger partial charge is 0.221 e. The summed E-state index contributed by atoms with van der Waals surface area (Å²) < 4.78 is 0. The van der Waals surface area contributed by atoms with Crippen molar-refractivity contribution in [2.24, 2.45) is 0 Å². The van der Waals surface area contributed by atoms with Crippen LogP contribution in [-0.2, 0) is 11.3 Å². The predicted molar refractivity (Wildman–Crippen MR) is 59.3 cm³/mol. The molecule has 0 radical (unpaired) electrons. The molecule has 1 amide bonds. The lowest BCUT2D eigenvalue weighted by molar-refractivity contribution is -0.120. The summed E-state index contributed by atoms with van der Waals surface area (Å²) in [7, 11) is 0. The maximum absolute atomic E-state index is 11.1. The zero-order valence-corrected chi connectivity index (χ0v) is 9.87. The van der Waals surface area contributed by atoms with Crippen molar-refractivity contribution in [3.05, 3.63) is 21.9 Å². The van der Waals surface area contributed by atoms with Gasteiger partial charge in [0.2, 0.25) is 5.91 Å². The summed E-state index contributed by atoms with van der Waals surface area (Å²) >= 11 is 4.90. The molecule has 0 aliphatic rings. The normalized spacial score (nSPS) is 10.0. The Labute approximate surface area is 90.5 Å². The lowest BCUT2D eigenvalue weighted by Gasteiger charge is -2.02. The van der Waals surface area contributed by atoms with Gasteiger partial charge in [0.1, 0.15) is 0 Å². The summed E-state index contributed by atoms with van der Waals surface area (Å²) in [6, 6.07) is 0. The molecule has 0 aliphatic carbocycles. The number of carbonyl (C=O) groups is 1. The average molecular weight is 262 g/mol. The number of rotatable bonds is 4. The second-order valence-electron chi connectivity index (χ2n) is 2.80. The second-order valence-corrected chi connectivity index (χ2v) is 4.33. The maximum Gasteiger partial charge on any atom is 0.221 e. The predicted octanol–water partition coefficient (Wildman–Crippen LogP) is 2.46. The molecular formula is C9H12BrNOS. The Kier molecular flexibility index (Phi) is 4.45. The molecule has 0 fully saturated rings. The molecule has 4 heteroatoms. The van der Waals surface area contributed by atoms with Gasteiger partial charge >= 0.3 is 0 Å². The van der Waals surface area contributed by atoms with Gasteiger partial charge in [-0.05, 0) is 28.8 Å². The van der Waals surface area contributed by atoms with E-state index in [4.69, 9.17) is 0 Å². The van der Waals surface area contributed by atoms with Crippen LogP contribution in [0, 0.1) is 6.92 Å². The van der Waals surface area contributed by atoms with E-state index in [1.807, 2.05) is 0 Å². The molecule has 72 valence electrons. The average Bonchev–Trinajstić information content (AvgIpc) is 2.48. The Balaban J connectivity index is 2.35. The summed E-state index contributed by atoms with van der Waals surface area (Å²) in [6.07, 6.45) is 0.545. The van der Waals surface area contributed by atoms with Crippen molar-refractivity contribution in [1.82, 2.24) is 5.32 Å². The van der Waals surface area contributed by atoms with Crippen LogP contribution in [0.3, 0.4) is 0 Å². The van der Waals surface area contributed by atoms with Crippen LogP contribution in [0.15, 0.2) is 10.8 Å². The molecular weight excluding hydrogens is 250 g/mol. The van der Waals surface area contributed by atoms with Crippen LogP contribution in [0.4, 0.5) is 0 Å². The fourth-order valence-corrected chi connectivity index (χ4v) is 2.15. The molecule has 2 nitrogen and oxygen atoms in total. The highest BCUT2D eigenvalue weighted by molar-refractivity contribution is 9.09. The van der Waals surface area contributed by atoms with Crippen molar-refractivity contribution in [3.63, 3.8) is 0 Å². The van der Waals surface area contributed by atoms with Crippen LogP contribution in [-0.4, -0.2) is 11.2 Å². The Hall–Kier alpha value is -0.350. The quantitative estimate of drug-likeness (QED) is 0.830. The first-order chi connectivity index (χ1) is 6.24. The molecule has 1 N–H and O–H groups in total. The molecule has 0 aromatic carbocycles. The van der Waals surface area contributed by atoms with E-state index in [1.165, 1.54) is 11.1 Å². The number of hydrogen-bond donors (Lipinski definition) is 1. The standard InChI is InChI=1S/C9H12BrNOS/c1-7-5-13-6-8(7)4-11-9(12)2-3-10/h5-6H,2-4H2,1H3,(H,11,12). The minimum absolute atomic E-state index is 0.0995. The number of nitrogens with one attached hydrogen (secondary N) is 1. The Morgan fingerprint density at radius 2 is 2.38 bits per heavy atom. The summed E-state index contributed by atoms with van der Waals surface area (Å²) in [6.45, 7) is 2.71. The first-order valence-electron chi connectivity index (χ1n) is 4.08. The van der Waals surface area contributed by atoms with Gasteiger partial charge in [-0.15, -0.1) is 0 Å². The van der Waals surface area contributed by atoms with Crippen LogP contribution in [0.1, 0.15) is 17.5 Å². The second kappa shape index (κ2) is 5.40. The largest absolute Gasteiger partial charge is 0.352 e. The fraction of sp³-hybridized carbons (Fsp3) is 0.444. The first-order valence-corrected chi connectivity index (χ1v) is 6.15. The molecule has 1 rings (SSSR count). The van der Waals surface area contributed by atoms with Crippen LogP contribution >= 0.6 is 27.3 Å². The van der Waals surface area contributed by atoms with Gasteiger partial charge in [-0.25, -0.2) is 0 Å². The Morgan fingerprint density at radius 1 is 1.62 bits per heavy atom. The van der Waals surface area contributed by atoms with Gasteiger partial charge in [-0.3, -0.25) is 4.79 Å². The summed E-state index contributed by atoms with van der Waals surface area (Å²) in [4.78, 5) is 11.1. The van der Waals surface area contributed by atoms with E-state index in [1.54, 1.807) is 11.3 Å². The van der Waals surface area contributed by atoms with Gasteiger partial charge in [0.05, 0.1) is 0 Å². The van der Waals surface area contributed by atoms with E-state index in [2.05, 4.69) is 38.9 Å². The highest BCUT2D eigenvalue weighted by Gasteiger charge is 2.02. The van der Waals surface area contributed by atoms with E-state index in [9.17, 15) is 4.79 Å². The number of alkyl halides is 1. The maximum atomic E-state index is 11.1. The summed E-state index contributed by atoms with van der Waals surface area (Å²) in [5, 5.41) is 7.75. The van der Waals surface area contributed by atoms with Crippen molar-refractivity contribution >= 4 is 33.2 Å². The van der Waals surface area contributed by atoms with Gasteiger partial charge in [-0.2, -0.15) is 11.3 Å². The van der Waals surface area contributed by atoms with Gasteiger partial charge in [0.25, 0.3) is 0 Å². The Bertz CT molecular complexity index is 285. The highest BCUT2D eigenvalue weighted by atomic mass is 79.9. The van der Waals surface area contributed by atoms with Crippen molar-refractivity contribution < 1.29 is 4.79 Å².